The van der Waals surface area contributed by atoms with Gasteiger partial charge >= 0.3 is 5.69 Å². The average molecular weight is 611 g/mol. The highest BCUT2D eigenvalue weighted by molar-refractivity contribution is 8.68. The molecule has 0 aliphatic rings. The summed E-state index contributed by atoms with van der Waals surface area (Å²) in [6.07, 6.45) is 17.3. The molecule has 1 atom stereocenters. The van der Waals surface area contributed by atoms with Crippen LogP contribution in [-0.2, 0) is 24.6 Å². The molecule has 41 heavy (non-hydrogen) atoms. The Morgan fingerprint density at radius 2 is 1.00 bits per heavy atom. The van der Waals surface area contributed by atoms with Gasteiger partial charge in [-0.3, -0.25) is 0 Å². The van der Waals surface area contributed by atoms with Crippen molar-refractivity contribution in [2.24, 2.45) is 0 Å². The fraction of sp³-hybridized carbons (Fsp3) is 0.500. The van der Waals surface area contributed by atoms with Gasteiger partial charge in [-0.1, -0.05) is 145 Å². The van der Waals surface area contributed by atoms with Crippen molar-refractivity contribution in [2.75, 3.05) is 0 Å². The fourth-order valence-corrected chi connectivity index (χ4v) is 10.6. The van der Waals surface area contributed by atoms with Crippen LogP contribution in [0.3, 0.4) is 0 Å². The van der Waals surface area contributed by atoms with Crippen LogP contribution in [0.4, 0.5) is 0 Å². The molecule has 224 valence electrons. The summed E-state index contributed by atoms with van der Waals surface area (Å²) in [7, 11) is 0. The topological polar surface area (TPSA) is 18.5 Å². The Morgan fingerprint density at radius 1 is 0.585 bits per heavy atom. The summed E-state index contributed by atoms with van der Waals surface area (Å²) >= 11 is 8.02. The molecule has 0 N–H and O–H groups in total. The number of hydrogen-bond donors (Lipinski definition) is 0. The van der Waals surface area contributed by atoms with Crippen LogP contribution in [0.25, 0.3) is 0 Å². The van der Waals surface area contributed by atoms with Gasteiger partial charge in [0.05, 0.1) is 0 Å². The summed E-state index contributed by atoms with van der Waals surface area (Å²) in [5, 5.41) is 0.151. The zero-order chi connectivity index (χ0) is 29.2. The van der Waals surface area contributed by atoms with Crippen molar-refractivity contribution in [3.05, 3.63) is 95.6 Å². The van der Waals surface area contributed by atoms with E-state index in [4.69, 9.17) is 20.9 Å². The minimum Gasteiger partial charge on any atom is -0.428 e. The van der Waals surface area contributed by atoms with Gasteiger partial charge in [0.15, 0.2) is 0 Å². The highest BCUT2D eigenvalue weighted by Crippen LogP contribution is 2.65. The van der Waals surface area contributed by atoms with Crippen molar-refractivity contribution < 1.29 is 9.05 Å². The molecule has 2 nitrogen and oxygen atoms in total. The van der Waals surface area contributed by atoms with Crippen molar-refractivity contribution in [3.8, 4) is 11.5 Å². The molecule has 0 aliphatic heterocycles. The molecule has 0 fully saturated rings. The summed E-state index contributed by atoms with van der Waals surface area (Å²) in [4.78, 5) is 0. The van der Waals surface area contributed by atoms with Crippen LogP contribution < -0.4 is 9.05 Å². The van der Waals surface area contributed by atoms with Crippen LogP contribution in [0.5, 0.6) is 11.5 Å². The van der Waals surface area contributed by atoms with Crippen molar-refractivity contribution in [1.82, 2.24) is 0 Å². The van der Waals surface area contributed by atoms with Crippen LogP contribution in [0.15, 0.2) is 78.9 Å². The molecule has 0 bridgehead atoms. The average Bonchev–Trinajstić information content (AvgIpc) is 2.98. The second-order valence-electron chi connectivity index (χ2n) is 11.0. The maximum absolute atomic E-state index is 6.82. The van der Waals surface area contributed by atoms with E-state index in [1.807, 2.05) is 0 Å². The van der Waals surface area contributed by atoms with Crippen LogP contribution in [0.2, 0.25) is 0 Å². The van der Waals surface area contributed by atoms with E-state index in [0.29, 0.717) is 0 Å². The Balaban J connectivity index is 1.77. The summed E-state index contributed by atoms with van der Waals surface area (Å²) in [6, 6.07) is 27.4. The molecule has 0 saturated heterocycles. The highest BCUT2D eigenvalue weighted by atomic mass is 32.9. The largest absolute Gasteiger partial charge is 0.428 e. The number of hydrogen-bond acceptors (Lipinski definition) is 4. The summed E-state index contributed by atoms with van der Waals surface area (Å²) in [5.74, 6) is 1.76. The van der Waals surface area contributed by atoms with E-state index in [1.54, 1.807) is 11.4 Å². The van der Waals surface area contributed by atoms with Gasteiger partial charge in [0, 0.05) is 5.25 Å². The molecular formula is C36H51O2PS2. The number of rotatable bonds is 21. The van der Waals surface area contributed by atoms with Crippen LogP contribution in [0.1, 0.15) is 120 Å². The Labute approximate surface area is 260 Å². The number of para-hydroxylation sites is 2. The number of benzene rings is 3. The van der Waals surface area contributed by atoms with Gasteiger partial charge < -0.3 is 9.05 Å². The van der Waals surface area contributed by atoms with Crippen molar-refractivity contribution in [1.29, 1.82) is 0 Å². The van der Waals surface area contributed by atoms with E-state index >= 15 is 0 Å². The molecule has 3 rings (SSSR count). The van der Waals surface area contributed by atoms with Gasteiger partial charge in [0.2, 0.25) is 0 Å². The normalized spacial score (nSPS) is 12.3. The minimum absolute atomic E-state index is 0.151. The van der Waals surface area contributed by atoms with Gasteiger partial charge in [0.1, 0.15) is 11.5 Å². The lowest BCUT2D eigenvalue weighted by Crippen LogP contribution is -2.04. The molecule has 0 amide bonds. The third-order valence-electron chi connectivity index (χ3n) is 7.52. The summed E-state index contributed by atoms with van der Waals surface area (Å²) < 4.78 is 13.6. The standard InChI is InChI=1S/C36H51O2PS2/c1-4-6-8-10-12-15-25-33-27-19-21-29-35(33)37-39(40,41-31(3)32-23-17-14-18-24-32)38-36-30-22-20-28-34(36)26-16-13-11-9-7-5-2/h14,17-24,27-31H,4-13,15-16,25-26H2,1-3H3. The molecule has 0 aromatic heterocycles. The number of aryl methyl sites for hydroxylation is 2. The first-order chi connectivity index (χ1) is 20.0. The lowest BCUT2D eigenvalue weighted by atomic mass is 10.0. The third kappa shape index (κ3) is 12.6. The monoisotopic (exact) mass is 610 g/mol. The molecule has 3 aromatic carbocycles. The summed E-state index contributed by atoms with van der Waals surface area (Å²) in [6.45, 7) is 6.74. The molecule has 5 heteroatoms. The second kappa shape index (κ2) is 19.4. The SMILES string of the molecule is CCCCCCCCc1ccccc1OP(=S)(Oc1ccccc1CCCCCCCC)SC(C)c1ccccc1. The first-order valence-corrected chi connectivity index (χ1v) is 20.0. The van der Waals surface area contributed by atoms with Gasteiger partial charge in [-0.2, -0.15) is 0 Å². The van der Waals surface area contributed by atoms with Crippen molar-refractivity contribution in [3.63, 3.8) is 0 Å². The van der Waals surface area contributed by atoms with E-state index in [0.717, 1.165) is 24.3 Å². The van der Waals surface area contributed by atoms with E-state index in [9.17, 15) is 0 Å². The minimum atomic E-state index is -2.80. The van der Waals surface area contributed by atoms with Gasteiger partial charge in [-0.25, -0.2) is 0 Å². The zero-order valence-corrected chi connectivity index (χ0v) is 28.1. The van der Waals surface area contributed by atoms with E-state index < -0.39 is 5.69 Å². The fourth-order valence-electron chi connectivity index (χ4n) is 5.07. The Kier molecular flexibility index (Phi) is 16.0. The van der Waals surface area contributed by atoms with Gasteiger partial charge in [0.25, 0.3) is 0 Å². The third-order valence-corrected chi connectivity index (χ3v) is 12.6. The maximum atomic E-state index is 6.82. The predicted molar refractivity (Wildman–Crippen MR) is 185 cm³/mol. The van der Waals surface area contributed by atoms with Crippen LogP contribution >= 0.6 is 17.1 Å². The molecule has 0 heterocycles. The highest BCUT2D eigenvalue weighted by Gasteiger charge is 2.29. The molecule has 0 saturated carbocycles. The Hall–Kier alpha value is -1.74. The quantitative estimate of drug-likeness (QED) is 0.0882. The Bertz CT molecular complexity index is 1100. The molecule has 3 aromatic rings. The van der Waals surface area contributed by atoms with Gasteiger partial charge in [-0.05, 0) is 84.6 Å². The van der Waals surface area contributed by atoms with E-state index in [1.165, 1.54) is 93.7 Å². The second-order valence-corrected chi connectivity index (χ2v) is 17.4. The van der Waals surface area contributed by atoms with Crippen molar-refractivity contribution in [2.45, 2.75) is 116 Å². The molecule has 0 spiro atoms. The first kappa shape index (κ1) is 33.8. The van der Waals surface area contributed by atoms with E-state index in [2.05, 4.69) is 99.6 Å². The predicted octanol–water partition coefficient (Wildman–Crippen LogP) is 12.7. The van der Waals surface area contributed by atoms with Crippen LogP contribution in [-0.4, -0.2) is 0 Å². The molecular weight excluding hydrogens is 560 g/mol. The lowest BCUT2D eigenvalue weighted by molar-refractivity contribution is 0.495. The molecule has 0 radical (unpaired) electrons. The maximum Gasteiger partial charge on any atom is 0.349 e. The lowest BCUT2D eigenvalue weighted by Gasteiger charge is -2.27. The Morgan fingerprint density at radius 3 is 1.49 bits per heavy atom. The summed E-state index contributed by atoms with van der Waals surface area (Å²) in [5.41, 5.74) is 0.901. The van der Waals surface area contributed by atoms with Crippen LogP contribution in [0, 0.1) is 0 Å². The van der Waals surface area contributed by atoms with Gasteiger partial charge in [-0.15, -0.1) is 0 Å². The molecule has 0 aliphatic carbocycles. The first-order valence-electron chi connectivity index (χ1n) is 15.9. The smallest absolute Gasteiger partial charge is 0.349 e. The van der Waals surface area contributed by atoms with E-state index in [-0.39, 0.29) is 5.25 Å². The number of unbranched alkanes of at least 4 members (excludes halogenated alkanes) is 10. The van der Waals surface area contributed by atoms with Crippen molar-refractivity contribution >= 4 is 28.9 Å². The zero-order valence-electron chi connectivity index (χ0n) is 25.6. The molecule has 1 unspecified atom stereocenters.